The fraction of sp³-hybridized carbons (Fsp3) is 0.250. The van der Waals surface area contributed by atoms with Crippen LogP contribution in [0.25, 0.3) is 11.0 Å². The maximum absolute atomic E-state index is 12.9. The zero-order chi connectivity index (χ0) is 18.3. The molecule has 1 aliphatic rings. The second-order valence-corrected chi connectivity index (χ2v) is 6.48. The Morgan fingerprint density at radius 1 is 1.15 bits per heavy atom. The number of rotatable bonds is 4. The van der Waals surface area contributed by atoms with E-state index >= 15 is 0 Å². The van der Waals surface area contributed by atoms with Gasteiger partial charge in [0.15, 0.2) is 0 Å². The molecule has 6 heteroatoms. The Kier molecular flexibility index (Phi) is 3.95. The van der Waals surface area contributed by atoms with E-state index in [0.717, 1.165) is 23.1 Å². The Hall–Kier alpha value is -3.15. The van der Waals surface area contributed by atoms with Crippen LogP contribution in [0, 0.1) is 6.92 Å². The molecule has 1 fully saturated rings. The second-order valence-electron chi connectivity index (χ2n) is 6.48. The van der Waals surface area contributed by atoms with Gasteiger partial charge in [-0.3, -0.25) is 9.59 Å². The first-order valence-corrected chi connectivity index (χ1v) is 8.73. The highest BCUT2D eigenvalue weighted by Gasteiger charge is 2.40. The fourth-order valence-electron chi connectivity index (χ4n) is 3.44. The molecule has 2 amide bonds. The number of nitrogens with one attached hydrogen (secondary N) is 1. The van der Waals surface area contributed by atoms with Gasteiger partial charge in [-0.15, -0.1) is 0 Å². The van der Waals surface area contributed by atoms with Crippen LogP contribution in [0.4, 0.5) is 11.6 Å². The number of hydrogen-bond donors (Lipinski definition) is 1. The van der Waals surface area contributed by atoms with E-state index in [1.54, 1.807) is 6.07 Å². The molecule has 0 saturated carbocycles. The van der Waals surface area contributed by atoms with E-state index in [1.165, 1.54) is 4.90 Å². The third-order valence-corrected chi connectivity index (χ3v) is 4.68. The summed E-state index contributed by atoms with van der Waals surface area (Å²) in [5.74, 6) is 0.179. The summed E-state index contributed by atoms with van der Waals surface area (Å²) in [6.07, 6.45) is 0.125. The largest absolute Gasteiger partial charge is 0.343 e. The number of imidazole rings is 1. The molecule has 1 atom stereocenters. The van der Waals surface area contributed by atoms with E-state index in [4.69, 9.17) is 0 Å². The van der Waals surface area contributed by atoms with Gasteiger partial charge in [-0.05, 0) is 43.7 Å². The van der Waals surface area contributed by atoms with Crippen LogP contribution in [-0.2, 0) is 16.1 Å². The number of aromatic nitrogens is 2. The Labute approximate surface area is 151 Å². The van der Waals surface area contributed by atoms with Gasteiger partial charge >= 0.3 is 0 Å². The SMILES string of the molecule is CCn1c(NC2CC(=O)N(c3cccc(C)c3)C2=O)nc2ccccc21. The summed E-state index contributed by atoms with van der Waals surface area (Å²) < 4.78 is 2.02. The molecule has 4 rings (SSSR count). The van der Waals surface area contributed by atoms with Gasteiger partial charge in [-0.2, -0.15) is 0 Å². The van der Waals surface area contributed by atoms with Gasteiger partial charge in [0.2, 0.25) is 11.9 Å². The van der Waals surface area contributed by atoms with E-state index in [-0.39, 0.29) is 18.2 Å². The number of para-hydroxylation sites is 2. The van der Waals surface area contributed by atoms with Gasteiger partial charge < -0.3 is 9.88 Å². The van der Waals surface area contributed by atoms with Crippen LogP contribution >= 0.6 is 0 Å². The van der Waals surface area contributed by atoms with Crippen molar-refractivity contribution in [3.05, 3.63) is 54.1 Å². The third kappa shape index (κ3) is 2.63. The molecule has 2 heterocycles. The average molecular weight is 348 g/mol. The summed E-state index contributed by atoms with van der Waals surface area (Å²) in [4.78, 5) is 31.2. The van der Waals surface area contributed by atoms with Crippen molar-refractivity contribution in [2.75, 3.05) is 10.2 Å². The highest BCUT2D eigenvalue weighted by Crippen LogP contribution is 2.27. The van der Waals surface area contributed by atoms with Crippen LogP contribution in [0.15, 0.2) is 48.5 Å². The predicted octanol–water partition coefficient (Wildman–Crippen LogP) is 3.11. The normalized spacial score (nSPS) is 17.3. The Morgan fingerprint density at radius 2 is 1.96 bits per heavy atom. The highest BCUT2D eigenvalue weighted by molar-refractivity contribution is 6.23. The number of fused-ring (bicyclic) bond motifs is 1. The summed E-state index contributed by atoms with van der Waals surface area (Å²) in [5.41, 5.74) is 3.49. The van der Waals surface area contributed by atoms with E-state index in [1.807, 2.05) is 60.9 Å². The van der Waals surface area contributed by atoms with E-state index in [2.05, 4.69) is 10.3 Å². The quantitative estimate of drug-likeness (QED) is 0.736. The standard InChI is InChI=1S/C20H20N4O2/c1-3-23-17-10-5-4-9-15(17)21-20(23)22-16-12-18(25)24(19(16)26)14-8-6-7-13(2)11-14/h4-11,16H,3,12H2,1-2H3,(H,21,22). The van der Waals surface area contributed by atoms with Gasteiger partial charge in [0.1, 0.15) is 6.04 Å². The first kappa shape index (κ1) is 16.3. The molecule has 1 aromatic heterocycles. The number of benzene rings is 2. The molecule has 132 valence electrons. The van der Waals surface area contributed by atoms with Crippen molar-refractivity contribution in [1.29, 1.82) is 0 Å². The fourth-order valence-corrected chi connectivity index (χ4v) is 3.44. The van der Waals surface area contributed by atoms with Crippen molar-refractivity contribution in [2.45, 2.75) is 32.9 Å². The predicted molar refractivity (Wildman–Crippen MR) is 101 cm³/mol. The molecule has 26 heavy (non-hydrogen) atoms. The smallest absolute Gasteiger partial charge is 0.256 e. The minimum absolute atomic E-state index is 0.125. The van der Waals surface area contributed by atoms with Gasteiger partial charge in [0.05, 0.1) is 23.1 Å². The monoisotopic (exact) mass is 348 g/mol. The van der Waals surface area contributed by atoms with Gasteiger partial charge in [-0.1, -0.05) is 24.3 Å². The van der Waals surface area contributed by atoms with E-state index < -0.39 is 6.04 Å². The molecule has 1 saturated heterocycles. The number of aryl methyl sites for hydroxylation is 2. The van der Waals surface area contributed by atoms with Crippen molar-refractivity contribution < 1.29 is 9.59 Å². The van der Waals surface area contributed by atoms with E-state index in [9.17, 15) is 9.59 Å². The van der Waals surface area contributed by atoms with Crippen molar-refractivity contribution >= 4 is 34.5 Å². The summed E-state index contributed by atoms with van der Waals surface area (Å²) in [6.45, 7) is 4.69. The van der Waals surface area contributed by atoms with Gasteiger partial charge in [0, 0.05) is 6.54 Å². The maximum Gasteiger partial charge on any atom is 0.256 e. The molecule has 2 aromatic carbocycles. The summed E-state index contributed by atoms with van der Waals surface area (Å²) in [7, 11) is 0. The van der Waals surface area contributed by atoms with Crippen LogP contribution in [0.1, 0.15) is 18.9 Å². The minimum Gasteiger partial charge on any atom is -0.343 e. The number of imide groups is 1. The average Bonchev–Trinajstić information content (AvgIpc) is 3.11. The Balaban J connectivity index is 1.64. The number of carbonyl (C=O) groups is 2. The molecular formula is C20H20N4O2. The molecule has 0 aliphatic carbocycles. The lowest BCUT2D eigenvalue weighted by Crippen LogP contribution is -2.35. The van der Waals surface area contributed by atoms with Crippen molar-refractivity contribution in [3.63, 3.8) is 0 Å². The number of amides is 2. The summed E-state index contributed by atoms with van der Waals surface area (Å²) in [6, 6.07) is 14.6. The third-order valence-electron chi connectivity index (χ3n) is 4.68. The molecule has 1 N–H and O–H groups in total. The lowest BCUT2D eigenvalue weighted by Gasteiger charge is -2.16. The Morgan fingerprint density at radius 3 is 2.73 bits per heavy atom. The van der Waals surface area contributed by atoms with Crippen molar-refractivity contribution in [2.24, 2.45) is 0 Å². The van der Waals surface area contributed by atoms with Gasteiger partial charge in [-0.25, -0.2) is 9.88 Å². The molecule has 1 unspecified atom stereocenters. The Bertz CT molecular complexity index is 1010. The zero-order valence-electron chi connectivity index (χ0n) is 14.8. The topological polar surface area (TPSA) is 67.2 Å². The summed E-state index contributed by atoms with van der Waals surface area (Å²) in [5, 5.41) is 3.18. The molecule has 3 aromatic rings. The lowest BCUT2D eigenvalue weighted by atomic mass is 10.2. The highest BCUT2D eigenvalue weighted by atomic mass is 16.2. The molecule has 1 aliphatic heterocycles. The zero-order valence-corrected chi connectivity index (χ0v) is 14.8. The maximum atomic E-state index is 12.9. The van der Waals surface area contributed by atoms with Crippen molar-refractivity contribution in [1.82, 2.24) is 9.55 Å². The first-order chi connectivity index (χ1) is 12.6. The van der Waals surface area contributed by atoms with Crippen LogP contribution in [0.2, 0.25) is 0 Å². The summed E-state index contributed by atoms with van der Waals surface area (Å²) >= 11 is 0. The van der Waals surface area contributed by atoms with E-state index in [0.29, 0.717) is 11.6 Å². The van der Waals surface area contributed by atoms with Gasteiger partial charge in [0.25, 0.3) is 5.91 Å². The van der Waals surface area contributed by atoms with Crippen molar-refractivity contribution in [3.8, 4) is 0 Å². The molecule has 0 radical (unpaired) electrons. The molecular weight excluding hydrogens is 328 g/mol. The van der Waals surface area contributed by atoms with Crippen LogP contribution < -0.4 is 10.2 Å². The van der Waals surface area contributed by atoms with Crippen LogP contribution in [-0.4, -0.2) is 27.4 Å². The second kappa shape index (κ2) is 6.29. The lowest BCUT2D eigenvalue weighted by molar-refractivity contribution is -0.121. The molecule has 0 spiro atoms. The number of hydrogen-bond acceptors (Lipinski definition) is 4. The van der Waals surface area contributed by atoms with Crippen LogP contribution in [0.3, 0.4) is 0 Å². The van der Waals surface area contributed by atoms with Crippen LogP contribution in [0.5, 0.6) is 0 Å². The number of anilines is 2. The number of nitrogens with zero attached hydrogens (tertiary/aromatic N) is 3. The minimum atomic E-state index is -0.606. The first-order valence-electron chi connectivity index (χ1n) is 8.73. The molecule has 0 bridgehead atoms. The molecule has 6 nitrogen and oxygen atoms in total. The number of carbonyl (C=O) groups excluding carboxylic acids is 2.